The predicted molar refractivity (Wildman–Crippen MR) is 75.3 cm³/mol. The van der Waals surface area contributed by atoms with Gasteiger partial charge in [0.15, 0.2) is 5.78 Å². The molecule has 1 unspecified atom stereocenters. The van der Waals surface area contributed by atoms with Gasteiger partial charge in [0, 0.05) is 30.4 Å². The second-order valence-corrected chi connectivity index (χ2v) is 5.07. The van der Waals surface area contributed by atoms with Crippen LogP contribution in [0.5, 0.6) is 0 Å². The molecular weight excluding hydrogens is 238 g/mol. The van der Waals surface area contributed by atoms with Crippen LogP contribution in [0.25, 0.3) is 0 Å². The van der Waals surface area contributed by atoms with Gasteiger partial charge in [-0.3, -0.25) is 9.69 Å². The summed E-state index contributed by atoms with van der Waals surface area (Å²) < 4.78 is 0. The summed E-state index contributed by atoms with van der Waals surface area (Å²) in [5.41, 5.74) is 1.85. The highest BCUT2D eigenvalue weighted by atomic mass is 16.1. The van der Waals surface area contributed by atoms with Gasteiger partial charge < -0.3 is 4.90 Å². The van der Waals surface area contributed by atoms with Gasteiger partial charge in [0.05, 0.1) is 12.6 Å². The zero-order chi connectivity index (χ0) is 13.8. The zero-order valence-corrected chi connectivity index (χ0v) is 11.5. The number of nitrogens with zero attached hydrogens (tertiary/aromatic N) is 3. The average molecular weight is 257 g/mol. The number of Topliss-reactive ketones (excluding diaryl/α,β-unsaturated/α-hetero) is 1. The third-order valence-corrected chi connectivity index (χ3v) is 3.72. The van der Waals surface area contributed by atoms with Crippen molar-refractivity contribution >= 4 is 11.5 Å². The van der Waals surface area contributed by atoms with Gasteiger partial charge in [-0.05, 0) is 32.5 Å². The summed E-state index contributed by atoms with van der Waals surface area (Å²) in [6.45, 7) is 3.94. The molecule has 1 atom stereocenters. The fourth-order valence-electron chi connectivity index (χ4n) is 2.50. The minimum atomic E-state index is 0.0965. The van der Waals surface area contributed by atoms with Gasteiger partial charge in [-0.15, -0.1) is 0 Å². The Labute approximate surface area is 114 Å². The maximum atomic E-state index is 11.4. The molecule has 0 spiro atoms. The number of carbonyl (C=O) groups excluding carboxylic acids is 1. The highest BCUT2D eigenvalue weighted by Crippen LogP contribution is 2.23. The number of ketones is 1. The van der Waals surface area contributed by atoms with Crippen LogP contribution in [0.15, 0.2) is 24.3 Å². The van der Waals surface area contributed by atoms with Crippen molar-refractivity contribution < 1.29 is 4.79 Å². The van der Waals surface area contributed by atoms with E-state index in [1.807, 2.05) is 31.3 Å². The van der Waals surface area contributed by atoms with E-state index < -0.39 is 0 Å². The van der Waals surface area contributed by atoms with E-state index in [0.717, 1.165) is 30.8 Å². The molecule has 0 bridgehead atoms. The van der Waals surface area contributed by atoms with Crippen molar-refractivity contribution in [2.45, 2.75) is 19.4 Å². The monoisotopic (exact) mass is 257 g/mol. The molecule has 0 N–H and O–H groups in total. The molecule has 1 heterocycles. The average Bonchev–Trinajstić information content (AvgIpc) is 2.89. The van der Waals surface area contributed by atoms with E-state index >= 15 is 0 Å². The molecule has 4 heteroatoms. The predicted octanol–water partition coefficient (Wildman–Crippen LogP) is 1.92. The van der Waals surface area contributed by atoms with Crippen LogP contribution in [-0.4, -0.2) is 43.4 Å². The Balaban J connectivity index is 2.07. The van der Waals surface area contributed by atoms with Crippen LogP contribution in [0, 0.1) is 11.3 Å². The van der Waals surface area contributed by atoms with E-state index in [1.54, 1.807) is 6.92 Å². The van der Waals surface area contributed by atoms with Gasteiger partial charge >= 0.3 is 0 Å². The summed E-state index contributed by atoms with van der Waals surface area (Å²) in [6, 6.07) is 10.4. The zero-order valence-electron chi connectivity index (χ0n) is 11.5. The smallest absolute Gasteiger partial charge is 0.159 e. The topological polar surface area (TPSA) is 47.3 Å². The molecule has 0 aromatic heterocycles. The number of likely N-dealkylation sites (N-methyl/N-ethyl adjacent to an activating group) is 1. The van der Waals surface area contributed by atoms with Gasteiger partial charge in [-0.2, -0.15) is 5.26 Å². The highest BCUT2D eigenvalue weighted by Gasteiger charge is 2.25. The standard InChI is InChI=1S/C15H19N3O/c1-12(19)13-4-3-5-14(10-13)18-8-6-15(11-18)17(2)9-7-16/h3-5,10,15H,6,8-9,11H2,1-2H3. The van der Waals surface area contributed by atoms with Crippen molar-refractivity contribution in [2.75, 3.05) is 31.6 Å². The molecule has 1 aliphatic heterocycles. The van der Waals surface area contributed by atoms with Crippen molar-refractivity contribution in [3.8, 4) is 6.07 Å². The maximum absolute atomic E-state index is 11.4. The Morgan fingerprint density at radius 1 is 1.58 bits per heavy atom. The Bertz CT molecular complexity index is 506. The highest BCUT2D eigenvalue weighted by molar-refractivity contribution is 5.95. The molecule has 0 aliphatic carbocycles. The van der Waals surface area contributed by atoms with E-state index in [1.165, 1.54) is 0 Å². The molecule has 0 saturated carbocycles. The number of nitriles is 1. The fraction of sp³-hybridized carbons (Fsp3) is 0.467. The molecule has 0 amide bonds. The third-order valence-electron chi connectivity index (χ3n) is 3.72. The summed E-state index contributed by atoms with van der Waals surface area (Å²) in [5, 5.41) is 8.73. The van der Waals surface area contributed by atoms with Gasteiger partial charge in [0.25, 0.3) is 0 Å². The third kappa shape index (κ3) is 3.12. The minimum Gasteiger partial charge on any atom is -0.370 e. The molecular formula is C15H19N3O. The maximum Gasteiger partial charge on any atom is 0.159 e. The Morgan fingerprint density at radius 3 is 3.05 bits per heavy atom. The molecule has 0 radical (unpaired) electrons. The van der Waals surface area contributed by atoms with Crippen LogP contribution in [0.2, 0.25) is 0 Å². The van der Waals surface area contributed by atoms with Gasteiger partial charge in [0.2, 0.25) is 0 Å². The minimum absolute atomic E-state index is 0.0965. The SMILES string of the molecule is CC(=O)c1cccc(N2CCC(N(C)CC#N)C2)c1. The molecule has 1 aromatic carbocycles. The summed E-state index contributed by atoms with van der Waals surface area (Å²) in [4.78, 5) is 15.8. The van der Waals surface area contributed by atoms with Crippen molar-refractivity contribution in [1.82, 2.24) is 4.90 Å². The first-order valence-corrected chi connectivity index (χ1v) is 6.55. The lowest BCUT2D eigenvalue weighted by Gasteiger charge is -2.23. The molecule has 1 fully saturated rings. The number of hydrogen-bond donors (Lipinski definition) is 0. The number of hydrogen-bond acceptors (Lipinski definition) is 4. The van der Waals surface area contributed by atoms with Crippen LogP contribution in [0.4, 0.5) is 5.69 Å². The molecule has 2 rings (SSSR count). The first-order valence-electron chi connectivity index (χ1n) is 6.55. The summed E-state index contributed by atoms with van der Waals surface area (Å²) in [5.74, 6) is 0.0965. The van der Waals surface area contributed by atoms with Crippen molar-refractivity contribution in [1.29, 1.82) is 5.26 Å². The van der Waals surface area contributed by atoms with Gasteiger partial charge in [0.1, 0.15) is 0 Å². The van der Waals surface area contributed by atoms with Crippen LogP contribution in [0.3, 0.4) is 0 Å². The van der Waals surface area contributed by atoms with E-state index in [-0.39, 0.29) is 5.78 Å². The molecule has 1 aliphatic rings. The van der Waals surface area contributed by atoms with E-state index in [2.05, 4.69) is 15.9 Å². The number of benzene rings is 1. The molecule has 4 nitrogen and oxygen atoms in total. The fourth-order valence-corrected chi connectivity index (χ4v) is 2.50. The Morgan fingerprint density at radius 2 is 2.37 bits per heavy atom. The van der Waals surface area contributed by atoms with E-state index in [9.17, 15) is 4.79 Å². The van der Waals surface area contributed by atoms with E-state index in [0.29, 0.717) is 12.6 Å². The molecule has 100 valence electrons. The summed E-state index contributed by atoms with van der Waals surface area (Å²) in [7, 11) is 1.99. The Hall–Kier alpha value is -1.86. The number of anilines is 1. The summed E-state index contributed by atoms with van der Waals surface area (Å²) in [6.07, 6.45) is 1.06. The van der Waals surface area contributed by atoms with Crippen molar-refractivity contribution in [3.05, 3.63) is 29.8 Å². The Kier molecular flexibility index (Phi) is 4.18. The van der Waals surface area contributed by atoms with Crippen LogP contribution in [-0.2, 0) is 0 Å². The van der Waals surface area contributed by atoms with Crippen molar-refractivity contribution in [3.63, 3.8) is 0 Å². The van der Waals surface area contributed by atoms with Gasteiger partial charge in [-0.1, -0.05) is 12.1 Å². The van der Waals surface area contributed by atoms with E-state index in [4.69, 9.17) is 5.26 Å². The lowest BCUT2D eigenvalue weighted by atomic mass is 10.1. The number of rotatable bonds is 4. The quantitative estimate of drug-likeness (QED) is 0.611. The molecule has 19 heavy (non-hydrogen) atoms. The van der Waals surface area contributed by atoms with Crippen LogP contribution >= 0.6 is 0 Å². The largest absolute Gasteiger partial charge is 0.370 e. The first kappa shape index (κ1) is 13.6. The first-order chi connectivity index (χ1) is 9.11. The van der Waals surface area contributed by atoms with Crippen molar-refractivity contribution in [2.24, 2.45) is 0 Å². The normalized spacial score (nSPS) is 18.6. The van der Waals surface area contributed by atoms with Gasteiger partial charge in [-0.25, -0.2) is 0 Å². The summed E-state index contributed by atoms with van der Waals surface area (Å²) >= 11 is 0. The molecule has 1 saturated heterocycles. The molecule has 1 aromatic rings. The lowest BCUT2D eigenvalue weighted by Crippen LogP contribution is -2.34. The second-order valence-electron chi connectivity index (χ2n) is 5.07. The van der Waals surface area contributed by atoms with Crippen LogP contribution < -0.4 is 4.90 Å². The van der Waals surface area contributed by atoms with Crippen LogP contribution in [0.1, 0.15) is 23.7 Å². The number of carbonyl (C=O) groups is 1. The lowest BCUT2D eigenvalue weighted by molar-refractivity contribution is 0.101. The second kappa shape index (κ2) is 5.85.